The minimum absolute atomic E-state index is 0.157. The molecule has 5 nitrogen and oxygen atoms in total. The van der Waals surface area contributed by atoms with Crippen molar-refractivity contribution in [3.05, 3.63) is 40.5 Å². The third-order valence-corrected chi connectivity index (χ3v) is 5.76. The Bertz CT molecular complexity index is 840. The quantitative estimate of drug-likeness (QED) is 0.589. The summed E-state index contributed by atoms with van der Waals surface area (Å²) in [5.41, 5.74) is 0.291. The van der Waals surface area contributed by atoms with Gasteiger partial charge in [0.1, 0.15) is 0 Å². The van der Waals surface area contributed by atoms with Gasteiger partial charge >= 0.3 is 0 Å². The van der Waals surface area contributed by atoms with Crippen LogP contribution in [0.4, 0.5) is 11.5 Å². The molecule has 0 aliphatic heterocycles. The second-order valence-electron chi connectivity index (χ2n) is 5.20. The van der Waals surface area contributed by atoms with Gasteiger partial charge in [-0.05, 0) is 36.4 Å². The van der Waals surface area contributed by atoms with E-state index >= 15 is 0 Å². The van der Waals surface area contributed by atoms with Crippen LogP contribution in [0.2, 0.25) is 10.0 Å². The smallest absolute Gasteiger partial charge is 0.237 e. The van der Waals surface area contributed by atoms with E-state index < -0.39 is 10.0 Å². The standard InChI is InChI=1S/C16H18Cl2N2O3S2/c1-4-5-24-14-9-15(23-2)16(19-10-14)20(25(3,21)22)13-7-11(17)6-12(18)8-13/h6-10H,4-5H2,1-3H3. The highest BCUT2D eigenvalue weighted by atomic mass is 35.5. The first-order chi connectivity index (χ1) is 11.8. The number of rotatable bonds is 7. The van der Waals surface area contributed by atoms with Gasteiger partial charge in [-0.1, -0.05) is 30.1 Å². The molecule has 0 atom stereocenters. The average molecular weight is 421 g/mol. The van der Waals surface area contributed by atoms with Crippen molar-refractivity contribution in [3.63, 3.8) is 0 Å². The Morgan fingerprint density at radius 3 is 2.36 bits per heavy atom. The van der Waals surface area contributed by atoms with Gasteiger partial charge in [-0.3, -0.25) is 0 Å². The molecule has 1 aromatic heterocycles. The Balaban J connectivity index is 2.59. The van der Waals surface area contributed by atoms with Crippen molar-refractivity contribution in [2.24, 2.45) is 0 Å². The fraction of sp³-hybridized carbons (Fsp3) is 0.312. The average Bonchev–Trinajstić information content (AvgIpc) is 2.51. The Labute approximate surface area is 162 Å². The Kier molecular flexibility index (Phi) is 6.85. The Morgan fingerprint density at radius 1 is 1.20 bits per heavy atom. The largest absolute Gasteiger partial charge is 0.493 e. The van der Waals surface area contributed by atoms with Gasteiger partial charge in [0.05, 0.1) is 19.1 Å². The van der Waals surface area contributed by atoms with E-state index in [2.05, 4.69) is 11.9 Å². The summed E-state index contributed by atoms with van der Waals surface area (Å²) in [5.74, 6) is 1.44. The molecule has 0 radical (unpaired) electrons. The van der Waals surface area contributed by atoms with Gasteiger partial charge in [0, 0.05) is 21.1 Å². The second kappa shape index (κ2) is 8.49. The molecule has 1 heterocycles. The maximum absolute atomic E-state index is 12.4. The van der Waals surface area contributed by atoms with E-state index in [9.17, 15) is 8.42 Å². The molecule has 25 heavy (non-hydrogen) atoms. The van der Waals surface area contributed by atoms with Crippen LogP contribution in [0.5, 0.6) is 5.75 Å². The van der Waals surface area contributed by atoms with Crippen molar-refractivity contribution in [1.29, 1.82) is 0 Å². The number of anilines is 2. The molecule has 136 valence electrons. The lowest BCUT2D eigenvalue weighted by molar-refractivity contribution is 0.413. The van der Waals surface area contributed by atoms with Gasteiger partial charge in [0.15, 0.2) is 11.6 Å². The molecular formula is C16H18Cl2N2O3S2. The van der Waals surface area contributed by atoms with Crippen molar-refractivity contribution in [1.82, 2.24) is 4.98 Å². The molecule has 0 saturated heterocycles. The summed E-state index contributed by atoms with van der Waals surface area (Å²) in [7, 11) is -2.23. The van der Waals surface area contributed by atoms with E-state index in [1.165, 1.54) is 25.3 Å². The lowest BCUT2D eigenvalue weighted by Gasteiger charge is -2.23. The van der Waals surface area contributed by atoms with Crippen molar-refractivity contribution in [3.8, 4) is 5.75 Å². The molecule has 2 aromatic rings. The molecule has 9 heteroatoms. The maximum atomic E-state index is 12.4. The highest BCUT2D eigenvalue weighted by Crippen LogP contribution is 2.38. The maximum Gasteiger partial charge on any atom is 0.237 e. The topological polar surface area (TPSA) is 59.5 Å². The van der Waals surface area contributed by atoms with Gasteiger partial charge in [-0.15, -0.1) is 11.8 Å². The summed E-state index contributed by atoms with van der Waals surface area (Å²) in [6.07, 6.45) is 3.73. The van der Waals surface area contributed by atoms with E-state index in [4.69, 9.17) is 27.9 Å². The van der Waals surface area contributed by atoms with Crippen molar-refractivity contribution in [2.75, 3.05) is 23.4 Å². The van der Waals surface area contributed by atoms with Crippen LogP contribution < -0.4 is 9.04 Å². The Morgan fingerprint density at radius 2 is 1.84 bits per heavy atom. The molecule has 2 rings (SSSR count). The lowest BCUT2D eigenvalue weighted by Crippen LogP contribution is -2.26. The predicted molar refractivity (Wildman–Crippen MR) is 105 cm³/mol. The molecule has 0 aliphatic carbocycles. The number of ether oxygens (including phenoxy) is 1. The summed E-state index contributed by atoms with van der Waals surface area (Å²) in [4.78, 5) is 5.22. The van der Waals surface area contributed by atoms with Crippen LogP contribution in [0.15, 0.2) is 35.4 Å². The van der Waals surface area contributed by atoms with E-state index in [-0.39, 0.29) is 5.82 Å². The third-order valence-electron chi connectivity index (χ3n) is 3.11. The fourth-order valence-corrected chi connectivity index (χ4v) is 4.36. The molecule has 0 bridgehead atoms. The van der Waals surface area contributed by atoms with Crippen molar-refractivity contribution in [2.45, 2.75) is 18.2 Å². The minimum atomic E-state index is -3.70. The van der Waals surface area contributed by atoms with Gasteiger partial charge in [0.2, 0.25) is 10.0 Å². The van der Waals surface area contributed by atoms with Crippen LogP contribution in [0.25, 0.3) is 0 Å². The minimum Gasteiger partial charge on any atom is -0.493 e. The number of methoxy groups -OCH3 is 1. The molecule has 0 fully saturated rings. The van der Waals surface area contributed by atoms with E-state index in [1.54, 1.807) is 24.0 Å². The van der Waals surface area contributed by atoms with Crippen molar-refractivity contribution < 1.29 is 13.2 Å². The summed E-state index contributed by atoms with van der Waals surface area (Å²) >= 11 is 13.7. The highest BCUT2D eigenvalue weighted by molar-refractivity contribution is 7.99. The van der Waals surface area contributed by atoms with Crippen LogP contribution in [-0.4, -0.2) is 32.5 Å². The fourth-order valence-electron chi connectivity index (χ4n) is 2.15. The molecule has 0 amide bonds. The summed E-state index contributed by atoms with van der Waals surface area (Å²) in [5, 5.41) is 0.649. The number of hydrogen-bond donors (Lipinski definition) is 0. The van der Waals surface area contributed by atoms with Gasteiger partial charge in [0.25, 0.3) is 0 Å². The predicted octanol–water partition coefficient (Wildman–Crippen LogP) is 5.00. The van der Waals surface area contributed by atoms with Crippen LogP contribution in [0.3, 0.4) is 0 Å². The van der Waals surface area contributed by atoms with Gasteiger partial charge in [-0.2, -0.15) is 0 Å². The zero-order chi connectivity index (χ0) is 18.6. The number of sulfonamides is 1. The van der Waals surface area contributed by atoms with E-state index in [1.807, 2.05) is 0 Å². The summed E-state index contributed by atoms with van der Waals surface area (Å²) in [6.45, 7) is 2.08. The molecule has 0 N–H and O–H groups in total. The van der Waals surface area contributed by atoms with Gasteiger partial charge in [-0.25, -0.2) is 17.7 Å². The monoisotopic (exact) mass is 420 g/mol. The SMILES string of the molecule is CCCSc1cnc(N(c2cc(Cl)cc(Cl)c2)S(C)(=O)=O)c(OC)c1. The molecule has 0 spiro atoms. The first-order valence-electron chi connectivity index (χ1n) is 7.39. The normalized spacial score (nSPS) is 11.4. The molecule has 0 saturated carbocycles. The number of hydrogen-bond acceptors (Lipinski definition) is 5. The Hall–Kier alpha value is -1.15. The summed E-state index contributed by atoms with van der Waals surface area (Å²) in [6, 6.07) is 6.32. The van der Waals surface area contributed by atoms with Crippen LogP contribution in [0.1, 0.15) is 13.3 Å². The molecule has 1 aromatic carbocycles. The lowest BCUT2D eigenvalue weighted by atomic mass is 10.3. The first kappa shape index (κ1) is 20.2. The molecule has 0 unspecified atom stereocenters. The second-order valence-corrected chi connectivity index (χ2v) is 9.07. The number of halogens is 2. The van der Waals surface area contributed by atoms with Gasteiger partial charge < -0.3 is 4.74 Å². The highest BCUT2D eigenvalue weighted by Gasteiger charge is 2.25. The number of aromatic nitrogens is 1. The van der Waals surface area contributed by atoms with Crippen LogP contribution in [-0.2, 0) is 10.0 Å². The van der Waals surface area contributed by atoms with E-state index in [0.29, 0.717) is 21.5 Å². The number of pyridine rings is 1. The molecule has 0 aliphatic rings. The number of benzene rings is 1. The molecular weight excluding hydrogens is 403 g/mol. The van der Waals surface area contributed by atoms with E-state index in [0.717, 1.165) is 27.6 Å². The summed E-state index contributed by atoms with van der Waals surface area (Å²) < 4.78 is 31.3. The van der Waals surface area contributed by atoms with Crippen LogP contribution in [0, 0.1) is 0 Å². The number of thioether (sulfide) groups is 1. The first-order valence-corrected chi connectivity index (χ1v) is 11.0. The zero-order valence-corrected chi connectivity index (χ0v) is 17.1. The van der Waals surface area contributed by atoms with Crippen molar-refractivity contribution >= 4 is 56.5 Å². The third kappa shape index (κ3) is 5.17. The van der Waals surface area contributed by atoms with Crippen LogP contribution >= 0.6 is 35.0 Å². The zero-order valence-electron chi connectivity index (χ0n) is 14.0. The number of nitrogens with zero attached hydrogens (tertiary/aromatic N) is 2.